The van der Waals surface area contributed by atoms with Gasteiger partial charge in [-0.05, 0) is 15.9 Å². The van der Waals surface area contributed by atoms with E-state index in [9.17, 15) is 9.35 Å². The maximum Gasteiger partial charge on any atom is 0.230 e. The molecule has 1 aliphatic heterocycles. The highest BCUT2D eigenvalue weighted by Gasteiger charge is 2.25. The second kappa shape index (κ2) is 5.44. The van der Waals surface area contributed by atoms with Crippen molar-refractivity contribution in [3.05, 3.63) is 27.0 Å². The molecule has 20 heavy (non-hydrogen) atoms. The van der Waals surface area contributed by atoms with Crippen LogP contribution in [0.25, 0.3) is 11.2 Å². The molecule has 0 N–H and O–H groups in total. The van der Waals surface area contributed by atoms with Crippen molar-refractivity contribution in [3.8, 4) is 0 Å². The summed E-state index contributed by atoms with van der Waals surface area (Å²) >= 11 is 2.34. The molecular formula is C12H13BrN2O4S. The van der Waals surface area contributed by atoms with Crippen LogP contribution >= 0.6 is 15.9 Å². The van der Waals surface area contributed by atoms with Gasteiger partial charge >= 0.3 is 0 Å². The van der Waals surface area contributed by atoms with Crippen molar-refractivity contribution >= 4 is 44.3 Å². The fraction of sp³-hybridized carbons (Fsp3) is 0.417. The van der Waals surface area contributed by atoms with Crippen LogP contribution in [0.5, 0.6) is 0 Å². The van der Waals surface area contributed by atoms with Gasteiger partial charge in [0.25, 0.3) is 0 Å². The van der Waals surface area contributed by atoms with Crippen molar-refractivity contribution in [2.24, 2.45) is 0 Å². The van der Waals surface area contributed by atoms with E-state index < -0.39 is 11.4 Å². The number of fused-ring (bicyclic) bond motifs is 1. The van der Waals surface area contributed by atoms with Gasteiger partial charge in [0, 0.05) is 24.5 Å². The first kappa shape index (κ1) is 14.0. The largest absolute Gasteiger partial charge is 0.598 e. The second-order valence-electron chi connectivity index (χ2n) is 4.53. The molecule has 3 heterocycles. The maximum atomic E-state index is 12.0. The standard InChI is InChI=1S/C12H13BrN2O4S/c1-20(17)15-4-2-14(3-5-15)10-6-9(16)12-11(19-10)8(13)7-18-12/h6-7H,2-5H2,1H3. The Labute approximate surface area is 126 Å². The molecule has 0 saturated carbocycles. The van der Waals surface area contributed by atoms with Gasteiger partial charge in [-0.25, -0.2) is 0 Å². The van der Waals surface area contributed by atoms with E-state index in [4.69, 9.17) is 8.83 Å². The van der Waals surface area contributed by atoms with Crippen LogP contribution in [0, 0.1) is 0 Å². The number of halogens is 1. The number of rotatable bonds is 2. The summed E-state index contributed by atoms with van der Waals surface area (Å²) in [7, 11) is 0. The Balaban J connectivity index is 1.88. The summed E-state index contributed by atoms with van der Waals surface area (Å²) in [5.41, 5.74) is 0.441. The highest BCUT2D eigenvalue weighted by molar-refractivity contribution is 9.10. The Morgan fingerprint density at radius 2 is 2.00 bits per heavy atom. The van der Waals surface area contributed by atoms with Gasteiger partial charge < -0.3 is 18.3 Å². The number of nitrogens with zero attached hydrogens (tertiary/aromatic N) is 2. The van der Waals surface area contributed by atoms with Crippen LogP contribution in [0.4, 0.5) is 5.88 Å². The Morgan fingerprint density at radius 1 is 1.30 bits per heavy atom. The number of hydrogen-bond donors (Lipinski definition) is 0. The molecule has 108 valence electrons. The van der Waals surface area contributed by atoms with Crippen LogP contribution in [0.1, 0.15) is 0 Å². The molecule has 1 aliphatic rings. The lowest BCUT2D eigenvalue weighted by Gasteiger charge is -2.33. The van der Waals surface area contributed by atoms with Crippen molar-refractivity contribution in [3.63, 3.8) is 0 Å². The topological polar surface area (TPSA) is 72.9 Å². The van der Waals surface area contributed by atoms with E-state index in [1.165, 1.54) is 12.3 Å². The first-order valence-electron chi connectivity index (χ1n) is 6.10. The first-order valence-corrected chi connectivity index (χ1v) is 8.41. The fourth-order valence-electron chi connectivity index (χ4n) is 2.22. The average molecular weight is 361 g/mol. The van der Waals surface area contributed by atoms with E-state index in [0.717, 1.165) is 0 Å². The predicted octanol–water partition coefficient (Wildman–Crippen LogP) is 1.56. The van der Waals surface area contributed by atoms with Gasteiger partial charge in [0.15, 0.2) is 11.5 Å². The molecule has 2 aromatic rings. The van der Waals surface area contributed by atoms with E-state index in [-0.39, 0.29) is 11.0 Å². The molecule has 3 rings (SSSR count). The smallest absolute Gasteiger partial charge is 0.230 e. The summed E-state index contributed by atoms with van der Waals surface area (Å²) in [4.78, 5) is 13.9. The first-order chi connectivity index (χ1) is 9.56. The van der Waals surface area contributed by atoms with E-state index in [0.29, 0.717) is 42.1 Å². The minimum absolute atomic E-state index is 0.201. The summed E-state index contributed by atoms with van der Waals surface area (Å²) in [5, 5.41) is 0. The fourth-order valence-corrected chi connectivity index (χ4v) is 3.26. The number of piperazine rings is 1. The molecule has 1 saturated heterocycles. The highest BCUT2D eigenvalue weighted by atomic mass is 79.9. The quantitative estimate of drug-likeness (QED) is 0.756. The van der Waals surface area contributed by atoms with Crippen LogP contribution in [-0.2, 0) is 11.4 Å². The molecule has 1 atom stereocenters. The summed E-state index contributed by atoms with van der Waals surface area (Å²) in [6.07, 6.45) is 3.11. The molecule has 1 fully saturated rings. The van der Waals surface area contributed by atoms with E-state index in [1.807, 2.05) is 9.21 Å². The van der Waals surface area contributed by atoms with Crippen molar-refractivity contribution in [1.29, 1.82) is 0 Å². The molecule has 0 aromatic carbocycles. The molecule has 0 spiro atoms. The highest BCUT2D eigenvalue weighted by Crippen LogP contribution is 2.28. The van der Waals surface area contributed by atoms with Crippen LogP contribution in [0.3, 0.4) is 0 Å². The second-order valence-corrected chi connectivity index (χ2v) is 6.75. The van der Waals surface area contributed by atoms with E-state index in [2.05, 4.69) is 15.9 Å². The minimum Gasteiger partial charge on any atom is -0.598 e. The van der Waals surface area contributed by atoms with Crippen LogP contribution < -0.4 is 10.3 Å². The van der Waals surface area contributed by atoms with Crippen molar-refractivity contribution in [1.82, 2.24) is 4.31 Å². The van der Waals surface area contributed by atoms with Crippen LogP contribution in [0.15, 0.2) is 30.4 Å². The molecule has 0 bridgehead atoms. The maximum absolute atomic E-state index is 12.0. The molecular weight excluding hydrogens is 348 g/mol. The SMILES string of the molecule is C[S+]([O-])N1CCN(c2cc(=O)c3occ(Br)c3o2)CC1. The average Bonchev–Trinajstić information content (AvgIpc) is 2.81. The Morgan fingerprint density at radius 3 is 2.65 bits per heavy atom. The molecule has 6 nitrogen and oxygen atoms in total. The van der Waals surface area contributed by atoms with Gasteiger partial charge in [0.2, 0.25) is 11.0 Å². The summed E-state index contributed by atoms with van der Waals surface area (Å²) < 4.78 is 24.8. The number of furan rings is 1. The molecule has 0 radical (unpaired) electrons. The lowest BCUT2D eigenvalue weighted by Crippen LogP contribution is -2.48. The van der Waals surface area contributed by atoms with E-state index in [1.54, 1.807) is 6.26 Å². The normalized spacial score (nSPS) is 18.6. The predicted molar refractivity (Wildman–Crippen MR) is 80.3 cm³/mol. The van der Waals surface area contributed by atoms with Crippen LogP contribution in [0.2, 0.25) is 0 Å². The Hall–Kier alpha value is -0.960. The third kappa shape index (κ3) is 2.48. The zero-order valence-electron chi connectivity index (χ0n) is 10.8. The van der Waals surface area contributed by atoms with Crippen molar-refractivity contribution in [2.75, 3.05) is 37.3 Å². The van der Waals surface area contributed by atoms with Gasteiger partial charge in [-0.2, -0.15) is 0 Å². The lowest BCUT2D eigenvalue weighted by molar-refractivity contribution is 0.377. The Kier molecular flexibility index (Phi) is 3.80. The molecule has 2 aromatic heterocycles. The van der Waals surface area contributed by atoms with E-state index >= 15 is 0 Å². The third-order valence-electron chi connectivity index (χ3n) is 3.30. The van der Waals surface area contributed by atoms with Crippen molar-refractivity contribution < 1.29 is 13.4 Å². The summed E-state index contributed by atoms with van der Waals surface area (Å²) in [5.74, 6) is 0.520. The van der Waals surface area contributed by atoms with Gasteiger partial charge in [-0.15, -0.1) is 4.31 Å². The van der Waals surface area contributed by atoms with Gasteiger partial charge in [0.05, 0.1) is 23.6 Å². The summed E-state index contributed by atoms with van der Waals surface area (Å²) in [6, 6.07) is 1.44. The number of anilines is 1. The zero-order valence-corrected chi connectivity index (χ0v) is 13.2. The van der Waals surface area contributed by atoms with Gasteiger partial charge in [-0.3, -0.25) is 4.79 Å². The van der Waals surface area contributed by atoms with Crippen LogP contribution in [-0.4, -0.2) is 41.3 Å². The molecule has 1 unspecified atom stereocenters. The van der Waals surface area contributed by atoms with Gasteiger partial charge in [-0.1, -0.05) is 0 Å². The minimum atomic E-state index is -0.955. The number of hydrogen-bond acceptors (Lipinski definition) is 6. The monoisotopic (exact) mass is 360 g/mol. The summed E-state index contributed by atoms with van der Waals surface area (Å²) in [6.45, 7) is 2.70. The van der Waals surface area contributed by atoms with Gasteiger partial charge in [0.1, 0.15) is 12.5 Å². The Bertz CT molecular complexity index is 676. The third-order valence-corrected chi connectivity index (χ3v) is 4.94. The molecule has 0 aliphatic carbocycles. The van der Waals surface area contributed by atoms with Crippen molar-refractivity contribution in [2.45, 2.75) is 0 Å². The molecule has 0 amide bonds. The zero-order chi connectivity index (χ0) is 14.3. The molecule has 8 heteroatoms. The lowest BCUT2D eigenvalue weighted by atomic mass is 10.3.